The van der Waals surface area contributed by atoms with Gasteiger partial charge >= 0.3 is 0 Å². The maximum Gasteiger partial charge on any atom is 0.227 e. The van der Waals surface area contributed by atoms with Gasteiger partial charge in [-0.1, -0.05) is 0 Å². The van der Waals surface area contributed by atoms with Gasteiger partial charge in [-0.25, -0.2) is 9.37 Å². The maximum atomic E-state index is 13.9. The summed E-state index contributed by atoms with van der Waals surface area (Å²) >= 11 is 0. The van der Waals surface area contributed by atoms with Crippen LogP contribution in [0.3, 0.4) is 0 Å². The number of aliphatic hydroxyl groups is 1. The van der Waals surface area contributed by atoms with E-state index >= 15 is 0 Å². The fourth-order valence-electron chi connectivity index (χ4n) is 3.11. The molecule has 0 radical (unpaired) electrons. The summed E-state index contributed by atoms with van der Waals surface area (Å²) in [7, 11) is 1.86. The van der Waals surface area contributed by atoms with E-state index in [-0.39, 0.29) is 18.7 Å². The smallest absolute Gasteiger partial charge is 0.227 e. The molecule has 2 fully saturated rings. The van der Waals surface area contributed by atoms with Gasteiger partial charge in [-0.3, -0.25) is 0 Å². The quantitative estimate of drug-likeness (QED) is 0.601. The van der Waals surface area contributed by atoms with Gasteiger partial charge in [-0.2, -0.15) is 9.97 Å². The second-order valence-electron chi connectivity index (χ2n) is 6.62. The number of nitrogens with one attached hydrogen (secondary N) is 3. The predicted octanol–water partition coefficient (Wildman–Crippen LogP) is 0.268. The van der Waals surface area contributed by atoms with Crippen LogP contribution in [0.1, 0.15) is 12.8 Å². The SMILES string of the molecule is Cn1cnc2c(N[C@@H]3CNC[C@H]3F)nc(N[C@@H](CO)C3CC3)nc21. The Morgan fingerprint density at radius 2 is 2.25 bits per heavy atom. The fourth-order valence-corrected chi connectivity index (χ4v) is 3.11. The zero-order valence-corrected chi connectivity index (χ0v) is 13.5. The minimum Gasteiger partial charge on any atom is -0.394 e. The summed E-state index contributed by atoms with van der Waals surface area (Å²) in [5.41, 5.74) is 1.29. The van der Waals surface area contributed by atoms with Gasteiger partial charge in [0.15, 0.2) is 17.0 Å². The average Bonchev–Trinajstić information content (AvgIpc) is 3.25. The minimum absolute atomic E-state index is 0.0410. The highest BCUT2D eigenvalue weighted by Gasteiger charge is 2.32. The number of nitrogens with zero attached hydrogens (tertiary/aromatic N) is 4. The molecule has 9 heteroatoms. The van der Waals surface area contributed by atoms with Gasteiger partial charge in [0, 0.05) is 20.1 Å². The Morgan fingerprint density at radius 3 is 2.92 bits per heavy atom. The van der Waals surface area contributed by atoms with Crippen LogP contribution in [0, 0.1) is 5.92 Å². The zero-order chi connectivity index (χ0) is 16.7. The molecule has 1 saturated carbocycles. The van der Waals surface area contributed by atoms with Crippen LogP contribution in [-0.2, 0) is 7.05 Å². The third-order valence-electron chi connectivity index (χ3n) is 4.72. The van der Waals surface area contributed by atoms with Crippen molar-refractivity contribution in [2.24, 2.45) is 13.0 Å². The molecule has 3 atom stereocenters. The van der Waals surface area contributed by atoms with Crippen LogP contribution in [0.15, 0.2) is 6.33 Å². The van der Waals surface area contributed by atoms with Crippen LogP contribution in [-0.4, -0.2) is 62.6 Å². The molecule has 0 bridgehead atoms. The summed E-state index contributed by atoms with van der Waals surface area (Å²) in [5, 5.41) is 18.9. The number of rotatable bonds is 6. The molecule has 2 aromatic rings. The number of hydrogen-bond donors (Lipinski definition) is 4. The maximum absolute atomic E-state index is 13.9. The first-order chi connectivity index (χ1) is 11.7. The van der Waals surface area contributed by atoms with Gasteiger partial charge in [0.2, 0.25) is 5.95 Å². The van der Waals surface area contributed by atoms with Crippen molar-refractivity contribution in [2.45, 2.75) is 31.1 Å². The van der Waals surface area contributed by atoms with E-state index in [4.69, 9.17) is 0 Å². The van der Waals surface area contributed by atoms with E-state index in [1.165, 1.54) is 0 Å². The Labute approximate surface area is 138 Å². The lowest BCUT2D eigenvalue weighted by Gasteiger charge is -2.18. The number of imidazole rings is 1. The molecule has 8 nitrogen and oxygen atoms in total. The van der Waals surface area contributed by atoms with Crippen molar-refractivity contribution >= 4 is 22.9 Å². The van der Waals surface area contributed by atoms with Crippen molar-refractivity contribution in [3.8, 4) is 0 Å². The molecule has 4 N–H and O–H groups in total. The van der Waals surface area contributed by atoms with E-state index in [9.17, 15) is 9.50 Å². The first-order valence-corrected chi connectivity index (χ1v) is 8.33. The first-order valence-electron chi connectivity index (χ1n) is 8.33. The van der Waals surface area contributed by atoms with Crippen LogP contribution in [0.4, 0.5) is 16.2 Å². The molecule has 2 aliphatic rings. The first kappa shape index (κ1) is 15.5. The molecule has 0 unspecified atom stereocenters. The van der Waals surface area contributed by atoms with Crippen molar-refractivity contribution in [3.63, 3.8) is 0 Å². The van der Waals surface area contributed by atoms with Crippen LogP contribution in [0.2, 0.25) is 0 Å². The number of aryl methyl sites for hydroxylation is 1. The van der Waals surface area contributed by atoms with Crippen LogP contribution in [0.25, 0.3) is 11.2 Å². The van der Waals surface area contributed by atoms with Gasteiger partial charge in [0.25, 0.3) is 0 Å². The predicted molar refractivity (Wildman–Crippen MR) is 88.7 cm³/mol. The highest BCUT2D eigenvalue weighted by atomic mass is 19.1. The van der Waals surface area contributed by atoms with Crippen molar-refractivity contribution in [1.82, 2.24) is 24.8 Å². The molecule has 2 aromatic heterocycles. The standard InChI is InChI=1S/C15H22FN7O/c1-23-7-18-12-13(19-10-5-17-4-9(10)16)21-15(22-14(12)23)20-11(6-24)8-2-3-8/h7-11,17,24H,2-6H2,1H3,(H2,19,20,21,22)/t9-,10-,11+/m1/s1. The van der Waals surface area contributed by atoms with Gasteiger partial charge in [-0.15, -0.1) is 0 Å². The van der Waals surface area contributed by atoms with E-state index in [1.54, 1.807) is 10.9 Å². The minimum atomic E-state index is -0.966. The molecule has 1 aliphatic heterocycles. The van der Waals surface area contributed by atoms with Gasteiger partial charge in [-0.05, 0) is 18.8 Å². The largest absolute Gasteiger partial charge is 0.394 e. The number of anilines is 2. The molecule has 24 heavy (non-hydrogen) atoms. The summed E-state index contributed by atoms with van der Waals surface area (Å²) in [6.07, 6.45) is 2.91. The summed E-state index contributed by atoms with van der Waals surface area (Å²) in [6, 6.07) is -0.388. The van der Waals surface area contributed by atoms with E-state index in [2.05, 4.69) is 30.9 Å². The lowest BCUT2D eigenvalue weighted by Crippen LogP contribution is -2.31. The number of alkyl halides is 1. The Balaban J connectivity index is 1.65. The molecule has 3 heterocycles. The van der Waals surface area contributed by atoms with Crippen LogP contribution >= 0.6 is 0 Å². The molecule has 1 aliphatic carbocycles. The Bertz CT molecular complexity index is 732. The number of halogens is 1. The van der Waals surface area contributed by atoms with E-state index < -0.39 is 6.17 Å². The second kappa shape index (κ2) is 6.14. The van der Waals surface area contributed by atoms with Gasteiger partial charge in [0.05, 0.1) is 25.0 Å². The Kier molecular flexibility index (Phi) is 3.97. The number of hydrogen-bond acceptors (Lipinski definition) is 7. The normalized spacial score (nSPS) is 25.1. The third kappa shape index (κ3) is 2.89. The van der Waals surface area contributed by atoms with Crippen molar-refractivity contribution in [1.29, 1.82) is 0 Å². The van der Waals surface area contributed by atoms with E-state index in [0.29, 0.717) is 41.9 Å². The van der Waals surface area contributed by atoms with Crippen LogP contribution in [0.5, 0.6) is 0 Å². The second-order valence-corrected chi connectivity index (χ2v) is 6.62. The van der Waals surface area contributed by atoms with Crippen molar-refractivity contribution in [2.75, 3.05) is 30.3 Å². The fraction of sp³-hybridized carbons (Fsp3) is 0.667. The topological polar surface area (TPSA) is 99.9 Å². The molecule has 0 aromatic carbocycles. The lowest BCUT2D eigenvalue weighted by atomic mass is 10.2. The van der Waals surface area contributed by atoms with Gasteiger partial charge < -0.3 is 25.6 Å². The monoisotopic (exact) mass is 335 g/mol. The summed E-state index contributed by atoms with van der Waals surface area (Å²) in [4.78, 5) is 13.3. The number of fused-ring (bicyclic) bond motifs is 1. The number of aromatic nitrogens is 4. The highest BCUT2D eigenvalue weighted by Crippen LogP contribution is 2.34. The molecular weight excluding hydrogens is 313 g/mol. The highest BCUT2D eigenvalue weighted by molar-refractivity contribution is 5.84. The van der Waals surface area contributed by atoms with Gasteiger partial charge in [0.1, 0.15) is 6.17 Å². The lowest BCUT2D eigenvalue weighted by molar-refractivity contribution is 0.263. The summed E-state index contributed by atoms with van der Waals surface area (Å²) < 4.78 is 15.7. The van der Waals surface area contributed by atoms with Crippen molar-refractivity contribution in [3.05, 3.63) is 6.33 Å². The molecular formula is C15H22FN7O. The Hall–Kier alpha value is -2.00. The molecule has 0 amide bonds. The van der Waals surface area contributed by atoms with Crippen LogP contribution < -0.4 is 16.0 Å². The molecule has 1 saturated heterocycles. The zero-order valence-electron chi connectivity index (χ0n) is 13.5. The summed E-state index contributed by atoms with van der Waals surface area (Å²) in [6.45, 7) is 0.927. The summed E-state index contributed by atoms with van der Waals surface area (Å²) in [5.74, 6) is 1.42. The van der Waals surface area contributed by atoms with Crippen molar-refractivity contribution < 1.29 is 9.50 Å². The van der Waals surface area contributed by atoms with E-state index in [1.807, 2.05) is 7.05 Å². The third-order valence-corrected chi connectivity index (χ3v) is 4.72. The molecule has 130 valence electrons. The molecule has 0 spiro atoms. The number of aliphatic hydroxyl groups excluding tert-OH is 1. The Morgan fingerprint density at radius 1 is 1.42 bits per heavy atom. The average molecular weight is 335 g/mol. The molecule has 4 rings (SSSR count). The van der Waals surface area contributed by atoms with E-state index in [0.717, 1.165) is 12.8 Å².